The number of halogens is 3. The van der Waals surface area contributed by atoms with Gasteiger partial charge in [-0.1, -0.05) is 56.3 Å². The number of anilines is 1. The molecular weight excluding hydrogens is 655 g/mol. The first-order chi connectivity index (χ1) is 22.5. The Morgan fingerprint density at radius 1 is 1.04 bits per heavy atom. The van der Waals surface area contributed by atoms with Crippen molar-refractivity contribution in [1.82, 2.24) is 9.62 Å². The van der Waals surface area contributed by atoms with Gasteiger partial charge in [-0.25, -0.2) is 13.2 Å². The van der Waals surface area contributed by atoms with Crippen LogP contribution in [0.4, 0.5) is 23.7 Å². The van der Waals surface area contributed by atoms with Crippen molar-refractivity contribution >= 4 is 33.5 Å². The molecule has 3 aromatic rings. The molecule has 0 spiro atoms. The van der Waals surface area contributed by atoms with E-state index < -0.39 is 58.9 Å². The number of carbonyl (C=O) groups excluding carboxylic acids is 3. The summed E-state index contributed by atoms with van der Waals surface area (Å²) in [7, 11) is -4.33. The van der Waals surface area contributed by atoms with Gasteiger partial charge in [0, 0.05) is 24.3 Å². The number of nitrogens with one attached hydrogen (secondary N) is 1. The predicted molar refractivity (Wildman–Crippen MR) is 169 cm³/mol. The van der Waals surface area contributed by atoms with Crippen LogP contribution in [0.3, 0.4) is 0 Å². The number of cyclic esters (lactones) is 1. The second kappa shape index (κ2) is 15.2. The molecule has 48 heavy (non-hydrogen) atoms. The van der Waals surface area contributed by atoms with Crippen molar-refractivity contribution in [3.05, 3.63) is 90.0 Å². The maximum Gasteiger partial charge on any atom is 0.573 e. The second-order valence-corrected chi connectivity index (χ2v) is 13.6. The summed E-state index contributed by atoms with van der Waals surface area (Å²) in [5.74, 6) is -1.75. The number of ether oxygens (including phenoxy) is 2. The minimum absolute atomic E-state index is 0.0548. The topological polar surface area (TPSA) is 143 Å². The molecule has 1 aliphatic heterocycles. The van der Waals surface area contributed by atoms with Crippen LogP contribution in [0.25, 0.3) is 0 Å². The number of nitrogens with zero attached hydrogens (tertiary/aromatic N) is 2. The highest BCUT2D eigenvalue weighted by atomic mass is 32.2. The lowest BCUT2D eigenvalue weighted by molar-refractivity contribution is -0.274. The van der Waals surface area contributed by atoms with Gasteiger partial charge in [0.1, 0.15) is 5.75 Å². The molecule has 0 unspecified atom stereocenters. The monoisotopic (exact) mass is 691 g/mol. The Balaban J connectivity index is 1.55. The summed E-state index contributed by atoms with van der Waals surface area (Å²) in [5.41, 5.74) is 1.44. The zero-order valence-corrected chi connectivity index (χ0v) is 27.2. The number of aliphatic hydroxyl groups is 1. The van der Waals surface area contributed by atoms with Gasteiger partial charge in [0.25, 0.3) is 5.91 Å². The van der Waals surface area contributed by atoms with E-state index in [9.17, 15) is 41.1 Å². The maximum atomic E-state index is 13.7. The van der Waals surface area contributed by atoms with E-state index in [4.69, 9.17) is 4.74 Å². The number of benzene rings is 3. The van der Waals surface area contributed by atoms with Crippen LogP contribution in [-0.2, 0) is 26.0 Å². The summed E-state index contributed by atoms with van der Waals surface area (Å²) in [6.45, 7) is 4.18. The normalized spacial score (nSPS) is 16.5. The largest absolute Gasteiger partial charge is 0.573 e. The van der Waals surface area contributed by atoms with E-state index in [0.29, 0.717) is 16.8 Å². The number of alkyl halides is 3. The van der Waals surface area contributed by atoms with E-state index in [0.717, 1.165) is 28.6 Å². The molecule has 2 N–H and O–H groups in total. The highest BCUT2D eigenvalue weighted by molar-refractivity contribution is 7.89. The van der Waals surface area contributed by atoms with Crippen molar-refractivity contribution < 1.29 is 50.6 Å². The lowest BCUT2D eigenvalue weighted by Gasteiger charge is -2.31. The van der Waals surface area contributed by atoms with Crippen molar-refractivity contribution in [3.63, 3.8) is 0 Å². The van der Waals surface area contributed by atoms with Gasteiger partial charge in [0.05, 0.1) is 23.6 Å². The summed E-state index contributed by atoms with van der Waals surface area (Å²) in [4.78, 5) is 38.9. The molecule has 0 bridgehead atoms. The number of sulfonamides is 1. The summed E-state index contributed by atoms with van der Waals surface area (Å²) < 4.78 is 75.4. The molecule has 1 heterocycles. The van der Waals surface area contributed by atoms with Gasteiger partial charge in [0.15, 0.2) is 11.9 Å². The average molecular weight is 692 g/mol. The molecular formula is C33H36F3N3O8S. The van der Waals surface area contributed by atoms with E-state index in [1.54, 1.807) is 62.4 Å². The van der Waals surface area contributed by atoms with Gasteiger partial charge in [0.2, 0.25) is 10.0 Å². The van der Waals surface area contributed by atoms with Crippen molar-refractivity contribution in [2.75, 3.05) is 24.5 Å². The number of hydrogen-bond acceptors (Lipinski definition) is 8. The van der Waals surface area contributed by atoms with E-state index in [2.05, 4.69) is 10.1 Å². The van der Waals surface area contributed by atoms with Crippen LogP contribution in [0.1, 0.15) is 36.7 Å². The van der Waals surface area contributed by atoms with Gasteiger partial charge in [-0.3, -0.25) is 14.5 Å². The van der Waals surface area contributed by atoms with Crippen molar-refractivity contribution in [1.29, 1.82) is 0 Å². The fraction of sp³-hybridized carbons (Fsp3) is 0.364. The fourth-order valence-electron chi connectivity index (χ4n) is 5.11. The molecule has 1 aliphatic rings. The SMILES string of the molecule is CC(=O)c1cccc(N2C[C@@H](C(=O)N[C@@H](Cc3ccccc3)[C@H](O)CN(CC(C)C)S(=O)(=O)c3ccc(OC(F)(F)F)cc3)OC2=O)c1. The first-order valence-corrected chi connectivity index (χ1v) is 16.4. The Morgan fingerprint density at radius 2 is 1.71 bits per heavy atom. The highest BCUT2D eigenvalue weighted by Crippen LogP contribution is 2.27. The molecule has 0 saturated carbocycles. The number of rotatable bonds is 14. The molecule has 3 atom stereocenters. The minimum atomic E-state index is -4.96. The van der Waals surface area contributed by atoms with Crippen molar-refractivity contribution in [3.8, 4) is 5.75 Å². The summed E-state index contributed by atoms with van der Waals surface area (Å²) in [5, 5.41) is 14.2. The average Bonchev–Trinajstić information content (AvgIpc) is 3.41. The molecule has 3 aromatic carbocycles. The van der Waals surface area contributed by atoms with Gasteiger partial charge in [-0.2, -0.15) is 4.31 Å². The minimum Gasteiger partial charge on any atom is -0.434 e. The fourth-order valence-corrected chi connectivity index (χ4v) is 6.73. The van der Waals surface area contributed by atoms with E-state index >= 15 is 0 Å². The molecule has 15 heteroatoms. The predicted octanol–water partition coefficient (Wildman–Crippen LogP) is 4.55. The third-order valence-corrected chi connectivity index (χ3v) is 9.26. The summed E-state index contributed by atoms with van der Waals surface area (Å²) in [6, 6.07) is 17.8. The quantitative estimate of drug-likeness (QED) is 0.235. The number of amides is 2. The molecule has 4 rings (SSSR count). The molecule has 0 aromatic heterocycles. The van der Waals surface area contributed by atoms with E-state index in [1.807, 2.05) is 0 Å². The molecule has 0 radical (unpaired) electrons. The highest BCUT2D eigenvalue weighted by Gasteiger charge is 2.39. The Labute approximate surface area is 276 Å². The Bertz CT molecular complexity index is 1700. The Morgan fingerprint density at radius 3 is 2.31 bits per heavy atom. The van der Waals surface area contributed by atoms with Crippen LogP contribution in [0.5, 0.6) is 5.75 Å². The van der Waals surface area contributed by atoms with Crippen LogP contribution in [0.2, 0.25) is 0 Å². The van der Waals surface area contributed by atoms with E-state index in [1.165, 1.54) is 17.9 Å². The van der Waals surface area contributed by atoms with Crippen molar-refractivity contribution in [2.24, 2.45) is 5.92 Å². The molecule has 1 saturated heterocycles. The Kier molecular flexibility index (Phi) is 11.5. The molecule has 258 valence electrons. The van der Waals surface area contributed by atoms with Crippen LogP contribution in [0, 0.1) is 5.92 Å². The zero-order valence-electron chi connectivity index (χ0n) is 26.4. The smallest absolute Gasteiger partial charge is 0.434 e. The molecule has 0 aliphatic carbocycles. The number of hydrogen-bond donors (Lipinski definition) is 2. The van der Waals surface area contributed by atoms with Gasteiger partial charge < -0.3 is 19.9 Å². The number of carbonyl (C=O) groups is 3. The number of aliphatic hydroxyl groups excluding tert-OH is 1. The van der Waals surface area contributed by atoms with Gasteiger partial charge in [-0.15, -0.1) is 13.2 Å². The molecule has 11 nitrogen and oxygen atoms in total. The van der Waals surface area contributed by atoms with Crippen LogP contribution >= 0.6 is 0 Å². The summed E-state index contributed by atoms with van der Waals surface area (Å²) >= 11 is 0. The number of Topliss-reactive ketones (excluding diaryl/α,β-unsaturated/α-hetero) is 1. The van der Waals surface area contributed by atoms with Crippen LogP contribution < -0.4 is 15.0 Å². The van der Waals surface area contributed by atoms with E-state index in [-0.39, 0.29) is 36.1 Å². The maximum absolute atomic E-state index is 13.7. The standard InChI is InChI=1S/C33H36F3N3O8S/c1-21(2)18-38(48(44,45)27-14-12-26(13-15-27)47-33(34,35)36)19-29(41)28(16-23-8-5-4-6-9-23)37-31(42)30-20-39(32(43)46-30)25-11-7-10-24(17-25)22(3)40/h4-15,17,21,28-30,41H,16,18-20H2,1-3H3,(H,37,42)/t28-,29+,30-/m0/s1. The van der Waals surface area contributed by atoms with Crippen molar-refractivity contribution in [2.45, 2.75) is 56.7 Å². The third kappa shape index (κ3) is 9.55. The van der Waals surface area contributed by atoms with Gasteiger partial charge in [-0.05, 0) is 61.2 Å². The number of ketones is 1. The molecule has 2 amide bonds. The van der Waals surface area contributed by atoms with Gasteiger partial charge >= 0.3 is 12.5 Å². The van der Waals surface area contributed by atoms with Crippen LogP contribution in [-0.4, -0.2) is 79.9 Å². The third-order valence-electron chi connectivity index (χ3n) is 7.41. The summed E-state index contributed by atoms with van der Waals surface area (Å²) in [6.07, 6.45) is -8.44. The second-order valence-electron chi connectivity index (χ2n) is 11.7. The lowest BCUT2D eigenvalue weighted by atomic mass is 10.0. The first-order valence-electron chi connectivity index (χ1n) is 15.0. The first kappa shape index (κ1) is 36.4. The molecule has 1 fully saturated rings. The Hall–Kier alpha value is -4.47. The van der Waals surface area contributed by atoms with Crippen LogP contribution in [0.15, 0.2) is 83.8 Å². The zero-order chi connectivity index (χ0) is 35.2. The lowest BCUT2D eigenvalue weighted by Crippen LogP contribution is -2.53.